The third-order valence-electron chi connectivity index (χ3n) is 3.37. The van der Waals surface area contributed by atoms with Crippen molar-refractivity contribution in [1.82, 2.24) is 0 Å². The number of phenols is 1. The summed E-state index contributed by atoms with van der Waals surface area (Å²) in [6.07, 6.45) is 2.17. The Bertz CT molecular complexity index is 726. The molecule has 0 aliphatic heterocycles. The molecule has 1 heteroatoms. The lowest BCUT2D eigenvalue weighted by atomic mass is 9.96. The van der Waals surface area contributed by atoms with Crippen LogP contribution in [-0.4, -0.2) is 5.11 Å². The molecule has 0 fully saturated rings. The number of hydrogen-bond acceptors (Lipinski definition) is 1. The van der Waals surface area contributed by atoms with E-state index in [1.165, 1.54) is 0 Å². The zero-order chi connectivity index (χ0) is 14.5. The first kappa shape index (κ1) is 13.2. The van der Waals surface area contributed by atoms with Gasteiger partial charge in [0.15, 0.2) is 0 Å². The van der Waals surface area contributed by atoms with Crippen molar-refractivity contribution in [2.75, 3.05) is 0 Å². The Kier molecular flexibility index (Phi) is 3.83. The summed E-state index contributed by atoms with van der Waals surface area (Å²) in [6, 6.07) is 27.9. The summed E-state index contributed by atoms with van der Waals surface area (Å²) >= 11 is 0. The summed E-state index contributed by atoms with van der Waals surface area (Å²) in [5, 5.41) is 9.48. The molecule has 102 valence electrons. The molecule has 3 rings (SSSR count). The van der Waals surface area contributed by atoms with E-state index in [2.05, 4.69) is 30.3 Å². The fraction of sp³-hybridized carbons (Fsp3) is 0. The molecule has 0 saturated heterocycles. The van der Waals surface area contributed by atoms with Crippen LogP contribution in [0, 0.1) is 0 Å². The van der Waals surface area contributed by atoms with Gasteiger partial charge in [0.25, 0.3) is 0 Å². The van der Waals surface area contributed by atoms with Crippen LogP contribution < -0.4 is 0 Å². The molecule has 3 aromatic rings. The van der Waals surface area contributed by atoms with E-state index >= 15 is 0 Å². The minimum atomic E-state index is 0.283. The summed E-state index contributed by atoms with van der Waals surface area (Å²) in [5.41, 5.74) is 4.54. The molecule has 0 atom stereocenters. The Morgan fingerprint density at radius 2 is 1.14 bits per heavy atom. The standard InChI is InChI=1S/C20H16O/c21-19-13-11-18(12-14-19)20(17-9-5-2-6-10-17)15-16-7-3-1-4-8-16/h1-15,21H. The van der Waals surface area contributed by atoms with E-state index in [4.69, 9.17) is 0 Å². The number of rotatable bonds is 3. The third-order valence-corrected chi connectivity index (χ3v) is 3.37. The maximum Gasteiger partial charge on any atom is 0.115 e. The zero-order valence-corrected chi connectivity index (χ0v) is 11.6. The quantitative estimate of drug-likeness (QED) is 0.667. The second kappa shape index (κ2) is 6.10. The normalized spacial score (nSPS) is 11.3. The molecule has 0 bridgehead atoms. The van der Waals surface area contributed by atoms with Crippen LogP contribution in [0.15, 0.2) is 84.9 Å². The van der Waals surface area contributed by atoms with E-state index < -0.39 is 0 Å². The smallest absolute Gasteiger partial charge is 0.115 e. The molecule has 0 aliphatic rings. The van der Waals surface area contributed by atoms with Gasteiger partial charge in [-0.1, -0.05) is 72.8 Å². The molecule has 1 nitrogen and oxygen atoms in total. The van der Waals surface area contributed by atoms with E-state index in [-0.39, 0.29) is 5.75 Å². The van der Waals surface area contributed by atoms with Gasteiger partial charge < -0.3 is 5.11 Å². The Balaban J connectivity index is 2.12. The highest BCUT2D eigenvalue weighted by molar-refractivity contribution is 5.91. The Hall–Kier alpha value is -2.80. The van der Waals surface area contributed by atoms with Crippen molar-refractivity contribution >= 4 is 11.6 Å². The van der Waals surface area contributed by atoms with Gasteiger partial charge in [-0.25, -0.2) is 0 Å². The largest absolute Gasteiger partial charge is 0.508 e. The Morgan fingerprint density at radius 3 is 1.76 bits per heavy atom. The molecule has 0 radical (unpaired) electrons. The minimum Gasteiger partial charge on any atom is -0.508 e. The van der Waals surface area contributed by atoms with Crippen LogP contribution >= 0.6 is 0 Å². The summed E-state index contributed by atoms with van der Waals surface area (Å²) < 4.78 is 0. The van der Waals surface area contributed by atoms with Crippen LogP contribution in [0.4, 0.5) is 0 Å². The number of aromatic hydroxyl groups is 1. The first-order valence-electron chi connectivity index (χ1n) is 6.94. The van der Waals surface area contributed by atoms with Gasteiger partial charge in [0, 0.05) is 0 Å². The minimum absolute atomic E-state index is 0.283. The Labute approximate surface area is 124 Å². The van der Waals surface area contributed by atoms with E-state index in [0.717, 1.165) is 22.3 Å². The van der Waals surface area contributed by atoms with Crippen molar-refractivity contribution in [1.29, 1.82) is 0 Å². The van der Waals surface area contributed by atoms with E-state index in [9.17, 15) is 5.11 Å². The highest BCUT2D eigenvalue weighted by atomic mass is 16.3. The molecule has 0 aliphatic carbocycles. The van der Waals surface area contributed by atoms with Gasteiger partial charge in [0.2, 0.25) is 0 Å². The average Bonchev–Trinajstić information content (AvgIpc) is 2.55. The molecular formula is C20H16O. The van der Waals surface area contributed by atoms with Crippen LogP contribution in [0.3, 0.4) is 0 Å². The molecular weight excluding hydrogens is 256 g/mol. The molecule has 0 unspecified atom stereocenters. The maximum atomic E-state index is 9.48. The van der Waals surface area contributed by atoms with E-state index in [1.54, 1.807) is 12.1 Å². The van der Waals surface area contributed by atoms with Gasteiger partial charge in [-0.2, -0.15) is 0 Å². The Morgan fingerprint density at radius 1 is 0.619 bits per heavy atom. The first-order valence-corrected chi connectivity index (χ1v) is 6.94. The van der Waals surface area contributed by atoms with Crippen molar-refractivity contribution in [2.24, 2.45) is 0 Å². The van der Waals surface area contributed by atoms with Crippen molar-refractivity contribution in [3.63, 3.8) is 0 Å². The summed E-state index contributed by atoms with van der Waals surface area (Å²) in [7, 11) is 0. The van der Waals surface area contributed by atoms with E-state index in [1.807, 2.05) is 48.5 Å². The topological polar surface area (TPSA) is 20.2 Å². The molecule has 21 heavy (non-hydrogen) atoms. The van der Waals surface area contributed by atoms with Crippen LogP contribution in [0.25, 0.3) is 11.6 Å². The van der Waals surface area contributed by atoms with Gasteiger partial charge >= 0.3 is 0 Å². The SMILES string of the molecule is Oc1ccc(C(=Cc2ccccc2)c2ccccc2)cc1. The lowest BCUT2D eigenvalue weighted by molar-refractivity contribution is 0.475. The zero-order valence-electron chi connectivity index (χ0n) is 11.6. The van der Waals surface area contributed by atoms with Crippen molar-refractivity contribution in [2.45, 2.75) is 0 Å². The van der Waals surface area contributed by atoms with Crippen LogP contribution in [-0.2, 0) is 0 Å². The lowest BCUT2D eigenvalue weighted by Gasteiger charge is -2.09. The van der Waals surface area contributed by atoms with Crippen molar-refractivity contribution in [3.05, 3.63) is 102 Å². The molecule has 0 amide bonds. The maximum absolute atomic E-state index is 9.48. The second-order valence-corrected chi connectivity index (χ2v) is 4.88. The fourth-order valence-corrected chi connectivity index (χ4v) is 2.31. The molecule has 0 spiro atoms. The van der Waals surface area contributed by atoms with Gasteiger partial charge in [-0.05, 0) is 40.5 Å². The van der Waals surface area contributed by atoms with Gasteiger partial charge in [0.05, 0.1) is 0 Å². The number of benzene rings is 3. The number of phenolic OH excluding ortho intramolecular Hbond substituents is 1. The molecule has 3 aromatic carbocycles. The molecule has 0 heterocycles. The van der Waals surface area contributed by atoms with Gasteiger partial charge in [0.1, 0.15) is 5.75 Å². The highest BCUT2D eigenvalue weighted by Crippen LogP contribution is 2.27. The summed E-state index contributed by atoms with van der Waals surface area (Å²) in [5.74, 6) is 0.283. The average molecular weight is 272 g/mol. The van der Waals surface area contributed by atoms with Gasteiger partial charge in [-0.3, -0.25) is 0 Å². The van der Waals surface area contributed by atoms with Crippen LogP contribution in [0.2, 0.25) is 0 Å². The predicted molar refractivity (Wildman–Crippen MR) is 88.0 cm³/mol. The predicted octanol–water partition coefficient (Wildman–Crippen LogP) is 4.98. The van der Waals surface area contributed by atoms with Crippen LogP contribution in [0.1, 0.15) is 16.7 Å². The van der Waals surface area contributed by atoms with Gasteiger partial charge in [-0.15, -0.1) is 0 Å². The lowest BCUT2D eigenvalue weighted by Crippen LogP contribution is -1.88. The monoisotopic (exact) mass is 272 g/mol. The molecule has 0 saturated carbocycles. The molecule has 0 aromatic heterocycles. The van der Waals surface area contributed by atoms with E-state index in [0.29, 0.717) is 0 Å². The van der Waals surface area contributed by atoms with Crippen molar-refractivity contribution in [3.8, 4) is 5.75 Å². The fourth-order valence-electron chi connectivity index (χ4n) is 2.31. The molecule has 1 N–H and O–H groups in total. The third kappa shape index (κ3) is 3.21. The summed E-state index contributed by atoms with van der Waals surface area (Å²) in [6.45, 7) is 0. The van der Waals surface area contributed by atoms with Crippen LogP contribution in [0.5, 0.6) is 5.75 Å². The number of hydrogen-bond donors (Lipinski definition) is 1. The second-order valence-electron chi connectivity index (χ2n) is 4.88. The first-order chi connectivity index (χ1) is 10.3. The summed E-state index contributed by atoms with van der Waals surface area (Å²) in [4.78, 5) is 0. The highest BCUT2D eigenvalue weighted by Gasteiger charge is 2.05. The van der Waals surface area contributed by atoms with Crippen molar-refractivity contribution < 1.29 is 5.11 Å².